The minimum atomic E-state index is 0.762. The van der Waals surface area contributed by atoms with E-state index in [4.69, 9.17) is 4.74 Å². The summed E-state index contributed by atoms with van der Waals surface area (Å²) in [5.74, 6) is 0. The first-order valence-electron chi connectivity index (χ1n) is 6.61. The molecule has 0 bridgehead atoms. The van der Waals surface area contributed by atoms with Crippen LogP contribution in [0.1, 0.15) is 28.7 Å². The minimum Gasteiger partial charge on any atom is -0.380 e. The summed E-state index contributed by atoms with van der Waals surface area (Å²) in [6, 6.07) is 4.48. The van der Waals surface area contributed by atoms with Crippen molar-refractivity contribution in [1.82, 2.24) is 5.32 Å². The molecule has 2 heteroatoms. The molecule has 0 spiro atoms. The van der Waals surface area contributed by atoms with Gasteiger partial charge in [0, 0.05) is 13.1 Å². The molecule has 18 heavy (non-hydrogen) atoms. The SMILES string of the molecule is C=CCCOCCNCc1c(C)cc(C)cc1C. The van der Waals surface area contributed by atoms with Gasteiger partial charge in [-0.3, -0.25) is 0 Å². The monoisotopic (exact) mass is 247 g/mol. The van der Waals surface area contributed by atoms with Crippen molar-refractivity contribution in [3.8, 4) is 0 Å². The first kappa shape index (κ1) is 14.9. The largest absolute Gasteiger partial charge is 0.380 e. The van der Waals surface area contributed by atoms with Crippen LogP contribution in [0.3, 0.4) is 0 Å². The summed E-state index contributed by atoms with van der Waals surface area (Å²) in [6.07, 6.45) is 2.81. The second-order valence-corrected chi connectivity index (χ2v) is 4.74. The third kappa shape index (κ3) is 5.03. The molecule has 0 saturated heterocycles. The highest BCUT2D eigenvalue weighted by molar-refractivity contribution is 5.37. The zero-order valence-electron chi connectivity index (χ0n) is 11.9. The fourth-order valence-corrected chi connectivity index (χ4v) is 2.12. The lowest BCUT2D eigenvalue weighted by atomic mass is 10.00. The van der Waals surface area contributed by atoms with Crippen molar-refractivity contribution in [3.63, 3.8) is 0 Å². The molecular weight excluding hydrogens is 222 g/mol. The van der Waals surface area contributed by atoms with Crippen molar-refractivity contribution in [2.75, 3.05) is 19.8 Å². The van der Waals surface area contributed by atoms with E-state index in [0.29, 0.717) is 0 Å². The van der Waals surface area contributed by atoms with Gasteiger partial charge >= 0.3 is 0 Å². The van der Waals surface area contributed by atoms with E-state index >= 15 is 0 Å². The van der Waals surface area contributed by atoms with Gasteiger partial charge < -0.3 is 10.1 Å². The van der Waals surface area contributed by atoms with Gasteiger partial charge in [0.15, 0.2) is 0 Å². The molecular formula is C16H25NO. The maximum atomic E-state index is 5.46. The quantitative estimate of drug-likeness (QED) is 0.562. The molecule has 2 nitrogen and oxygen atoms in total. The Bertz CT molecular complexity index is 362. The molecule has 0 aromatic heterocycles. The van der Waals surface area contributed by atoms with Crippen molar-refractivity contribution < 1.29 is 4.74 Å². The first-order chi connectivity index (χ1) is 8.65. The number of aryl methyl sites for hydroxylation is 3. The summed E-state index contributed by atoms with van der Waals surface area (Å²) in [6.45, 7) is 13.5. The Morgan fingerprint density at radius 1 is 1.17 bits per heavy atom. The maximum Gasteiger partial charge on any atom is 0.0591 e. The van der Waals surface area contributed by atoms with Crippen LogP contribution in [0, 0.1) is 20.8 Å². The fourth-order valence-electron chi connectivity index (χ4n) is 2.12. The molecule has 100 valence electrons. The molecule has 1 rings (SSSR count). The van der Waals surface area contributed by atoms with Crippen LogP contribution >= 0.6 is 0 Å². The van der Waals surface area contributed by atoms with E-state index in [-0.39, 0.29) is 0 Å². The van der Waals surface area contributed by atoms with E-state index in [0.717, 1.165) is 32.7 Å². The molecule has 0 heterocycles. The van der Waals surface area contributed by atoms with Crippen LogP contribution in [-0.2, 0) is 11.3 Å². The molecule has 0 atom stereocenters. The van der Waals surface area contributed by atoms with Crippen molar-refractivity contribution in [2.24, 2.45) is 0 Å². The van der Waals surface area contributed by atoms with Gasteiger partial charge in [0.05, 0.1) is 13.2 Å². The van der Waals surface area contributed by atoms with Gasteiger partial charge in [-0.25, -0.2) is 0 Å². The molecule has 0 aliphatic rings. The number of hydrogen-bond acceptors (Lipinski definition) is 2. The Labute approximate surface area is 111 Å². The lowest BCUT2D eigenvalue weighted by molar-refractivity contribution is 0.140. The predicted octanol–water partition coefficient (Wildman–Crippen LogP) is 3.29. The molecule has 0 amide bonds. The molecule has 0 aliphatic heterocycles. The van der Waals surface area contributed by atoms with Gasteiger partial charge in [0.1, 0.15) is 0 Å². The number of ether oxygens (including phenoxy) is 1. The number of benzene rings is 1. The van der Waals surface area contributed by atoms with Gasteiger partial charge in [-0.2, -0.15) is 0 Å². The Morgan fingerprint density at radius 2 is 1.83 bits per heavy atom. The summed E-state index contributed by atoms with van der Waals surface area (Å²) in [4.78, 5) is 0. The predicted molar refractivity (Wildman–Crippen MR) is 78.0 cm³/mol. The van der Waals surface area contributed by atoms with Gasteiger partial charge in [-0.15, -0.1) is 6.58 Å². The zero-order valence-corrected chi connectivity index (χ0v) is 11.9. The second kappa shape index (κ2) is 8.06. The standard InChI is InChI=1S/C16H25NO/c1-5-6-8-18-9-7-17-12-16-14(3)10-13(2)11-15(16)4/h5,10-11,17H,1,6-9,12H2,2-4H3. The van der Waals surface area contributed by atoms with Crippen molar-refractivity contribution in [1.29, 1.82) is 0 Å². The first-order valence-corrected chi connectivity index (χ1v) is 6.61. The Hall–Kier alpha value is -1.12. The molecule has 0 fully saturated rings. The number of hydrogen-bond donors (Lipinski definition) is 1. The molecule has 0 saturated carbocycles. The average molecular weight is 247 g/mol. The van der Waals surface area contributed by atoms with Gasteiger partial charge in [-0.1, -0.05) is 23.8 Å². The van der Waals surface area contributed by atoms with Crippen LogP contribution in [0.25, 0.3) is 0 Å². The molecule has 0 unspecified atom stereocenters. The minimum absolute atomic E-state index is 0.762. The molecule has 1 aromatic rings. The molecule has 1 aromatic carbocycles. The van der Waals surface area contributed by atoms with Crippen molar-refractivity contribution in [2.45, 2.75) is 33.7 Å². The molecule has 0 radical (unpaired) electrons. The summed E-state index contributed by atoms with van der Waals surface area (Å²) < 4.78 is 5.46. The summed E-state index contributed by atoms with van der Waals surface area (Å²) in [7, 11) is 0. The van der Waals surface area contributed by atoms with Gasteiger partial charge in [0.2, 0.25) is 0 Å². The number of rotatable bonds is 8. The Kier molecular flexibility index (Phi) is 6.69. The van der Waals surface area contributed by atoms with Crippen molar-refractivity contribution >= 4 is 0 Å². The van der Waals surface area contributed by atoms with Crippen molar-refractivity contribution in [3.05, 3.63) is 47.0 Å². The average Bonchev–Trinajstić information content (AvgIpc) is 2.30. The van der Waals surface area contributed by atoms with E-state index in [1.807, 2.05) is 6.08 Å². The van der Waals surface area contributed by atoms with Gasteiger partial charge in [-0.05, 0) is 43.9 Å². The fraction of sp³-hybridized carbons (Fsp3) is 0.500. The third-order valence-corrected chi connectivity index (χ3v) is 3.03. The third-order valence-electron chi connectivity index (χ3n) is 3.03. The van der Waals surface area contributed by atoms with E-state index in [1.165, 1.54) is 22.3 Å². The summed E-state index contributed by atoms with van der Waals surface area (Å²) in [5, 5.41) is 3.43. The van der Waals surface area contributed by atoms with Crippen LogP contribution in [0.5, 0.6) is 0 Å². The lowest BCUT2D eigenvalue weighted by Crippen LogP contribution is -2.20. The number of nitrogens with one attached hydrogen (secondary N) is 1. The van der Waals surface area contributed by atoms with E-state index in [9.17, 15) is 0 Å². The van der Waals surface area contributed by atoms with E-state index in [2.05, 4.69) is 44.8 Å². The van der Waals surface area contributed by atoms with Crippen LogP contribution in [0.4, 0.5) is 0 Å². The Morgan fingerprint density at radius 3 is 2.44 bits per heavy atom. The maximum absolute atomic E-state index is 5.46. The highest BCUT2D eigenvalue weighted by atomic mass is 16.5. The Balaban J connectivity index is 2.29. The lowest BCUT2D eigenvalue weighted by Gasteiger charge is -2.12. The summed E-state index contributed by atoms with van der Waals surface area (Å²) >= 11 is 0. The molecule has 1 N–H and O–H groups in total. The normalized spacial score (nSPS) is 10.6. The topological polar surface area (TPSA) is 21.3 Å². The smallest absolute Gasteiger partial charge is 0.0591 e. The van der Waals surface area contributed by atoms with Gasteiger partial charge in [0.25, 0.3) is 0 Å². The van der Waals surface area contributed by atoms with Crippen LogP contribution in [0.2, 0.25) is 0 Å². The molecule has 0 aliphatic carbocycles. The summed E-state index contributed by atoms with van der Waals surface area (Å²) in [5.41, 5.74) is 5.48. The van der Waals surface area contributed by atoms with Crippen LogP contribution in [0.15, 0.2) is 24.8 Å². The van der Waals surface area contributed by atoms with Crippen LogP contribution in [-0.4, -0.2) is 19.8 Å². The van der Waals surface area contributed by atoms with E-state index in [1.54, 1.807) is 0 Å². The van der Waals surface area contributed by atoms with Crippen LogP contribution < -0.4 is 5.32 Å². The highest BCUT2D eigenvalue weighted by Gasteiger charge is 2.02. The highest BCUT2D eigenvalue weighted by Crippen LogP contribution is 2.15. The van der Waals surface area contributed by atoms with E-state index < -0.39 is 0 Å². The zero-order chi connectivity index (χ0) is 13.4. The second-order valence-electron chi connectivity index (χ2n) is 4.74.